The van der Waals surface area contributed by atoms with Gasteiger partial charge in [0.05, 0.1) is 29.6 Å². The number of nitrogens with one attached hydrogen (secondary N) is 4. The standard InChI is InChI=1S/C31H27ClF2N8O/c1-42(2)24-15-37-28(24)29(35)41-30(43)16-6-9-19(10-7-16)39-31-38-14-17-13-36-27(25-22(33)4-3-5-23(25)34)21-12-18(32)8-11-20(21)26(17)40-31/h3-12,14,24,28,37H,13,15H2,1-2H3,(H2,35,41,43)(H,38,39,40). The SMILES string of the molecule is CN(C)C1CNC1C(=N)NC(=O)c1ccc(Nc2ncc3c(n2)-c2ccc(Cl)cc2C(c2c(F)cccc2F)=NC3)cc1. The molecule has 0 spiro atoms. The molecule has 2 atom stereocenters. The molecule has 4 aromatic rings. The van der Waals surface area contributed by atoms with Crippen molar-refractivity contribution in [2.45, 2.75) is 18.6 Å². The molecule has 0 saturated carbocycles. The van der Waals surface area contributed by atoms with Crippen LogP contribution in [0.5, 0.6) is 0 Å². The van der Waals surface area contributed by atoms with Gasteiger partial charge in [0.25, 0.3) is 5.91 Å². The first-order valence-corrected chi connectivity index (χ1v) is 13.9. The fourth-order valence-corrected chi connectivity index (χ4v) is 5.32. The third-order valence-electron chi connectivity index (χ3n) is 7.52. The number of carbonyl (C=O) groups is 1. The lowest BCUT2D eigenvalue weighted by Crippen LogP contribution is -2.68. The summed E-state index contributed by atoms with van der Waals surface area (Å²) in [5, 5.41) is 17.6. The Kier molecular flexibility index (Phi) is 7.70. The highest BCUT2D eigenvalue weighted by atomic mass is 35.5. The molecule has 1 fully saturated rings. The van der Waals surface area contributed by atoms with Crippen LogP contribution in [-0.4, -0.2) is 65.0 Å². The van der Waals surface area contributed by atoms with Crippen LogP contribution in [0.4, 0.5) is 20.4 Å². The van der Waals surface area contributed by atoms with Gasteiger partial charge in [0.2, 0.25) is 5.95 Å². The molecule has 0 bridgehead atoms. The Morgan fingerprint density at radius 1 is 1.07 bits per heavy atom. The lowest BCUT2D eigenvalue weighted by atomic mass is 9.95. The molecular formula is C31H27ClF2N8O. The zero-order chi connectivity index (χ0) is 30.2. The smallest absolute Gasteiger partial charge is 0.256 e. The number of hydrogen-bond donors (Lipinski definition) is 4. The zero-order valence-electron chi connectivity index (χ0n) is 23.3. The average molecular weight is 601 g/mol. The number of amidine groups is 1. The van der Waals surface area contributed by atoms with E-state index in [1.165, 1.54) is 18.2 Å². The van der Waals surface area contributed by atoms with Crippen molar-refractivity contribution in [3.63, 3.8) is 0 Å². The first kappa shape index (κ1) is 28.5. The number of hydrogen-bond acceptors (Lipinski definition) is 8. The number of aliphatic imine (C=N–C) groups is 1. The third kappa shape index (κ3) is 5.62. The van der Waals surface area contributed by atoms with Crippen LogP contribution >= 0.6 is 11.6 Å². The van der Waals surface area contributed by atoms with E-state index in [0.717, 1.165) is 6.54 Å². The fourth-order valence-electron chi connectivity index (χ4n) is 5.14. The van der Waals surface area contributed by atoms with Crippen LogP contribution in [0.2, 0.25) is 5.02 Å². The highest BCUT2D eigenvalue weighted by molar-refractivity contribution is 6.31. The number of nitrogens with zero attached hydrogens (tertiary/aromatic N) is 4. The van der Waals surface area contributed by atoms with E-state index in [0.29, 0.717) is 38.7 Å². The molecule has 1 aromatic heterocycles. The molecule has 2 aliphatic rings. The van der Waals surface area contributed by atoms with Crippen LogP contribution in [-0.2, 0) is 6.54 Å². The minimum atomic E-state index is -0.726. The summed E-state index contributed by atoms with van der Waals surface area (Å²) in [4.78, 5) is 28.5. The Morgan fingerprint density at radius 2 is 1.81 bits per heavy atom. The second-order valence-electron chi connectivity index (χ2n) is 10.5. The van der Waals surface area contributed by atoms with Crippen LogP contribution in [0.3, 0.4) is 0 Å². The van der Waals surface area contributed by atoms with Gasteiger partial charge in [-0.05, 0) is 62.6 Å². The minimum Gasteiger partial charge on any atom is -0.324 e. The summed E-state index contributed by atoms with van der Waals surface area (Å²) in [5.41, 5.74) is 3.23. The molecule has 0 aliphatic carbocycles. The van der Waals surface area contributed by atoms with E-state index in [1.807, 2.05) is 19.0 Å². The lowest BCUT2D eigenvalue weighted by Gasteiger charge is -2.42. The normalized spacial score (nSPS) is 17.2. The highest BCUT2D eigenvalue weighted by Gasteiger charge is 2.36. The number of fused-ring (bicyclic) bond motifs is 3. The van der Waals surface area contributed by atoms with Crippen molar-refractivity contribution in [3.05, 3.63) is 106 Å². The Balaban J connectivity index is 1.23. The van der Waals surface area contributed by atoms with Gasteiger partial charge in [0.1, 0.15) is 17.5 Å². The van der Waals surface area contributed by atoms with Gasteiger partial charge in [0, 0.05) is 51.7 Å². The number of carbonyl (C=O) groups excluding carboxylic acids is 1. The van der Waals surface area contributed by atoms with Crippen molar-refractivity contribution >= 4 is 40.7 Å². The number of likely N-dealkylation sites (N-methyl/N-ethyl adjacent to an activating group) is 1. The van der Waals surface area contributed by atoms with Gasteiger partial charge in [-0.1, -0.05) is 23.7 Å². The second-order valence-corrected chi connectivity index (χ2v) is 10.9. The Bertz CT molecular complexity index is 1760. The van der Waals surface area contributed by atoms with E-state index in [4.69, 9.17) is 22.0 Å². The first-order valence-electron chi connectivity index (χ1n) is 13.5. The van der Waals surface area contributed by atoms with E-state index in [-0.39, 0.29) is 47.6 Å². The molecule has 12 heteroatoms. The number of anilines is 2. The largest absolute Gasteiger partial charge is 0.324 e. The van der Waals surface area contributed by atoms with Crippen LogP contribution in [0.15, 0.2) is 71.9 Å². The van der Waals surface area contributed by atoms with E-state index >= 15 is 0 Å². The van der Waals surface area contributed by atoms with Crippen molar-refractivity contribution in [1.29, 1.82) is 5.41 Å². The van der Waals surface area contributed by atoms with Crippen LogP contribution < -0.4 is 16.0 Å². The maximum absolute atomic E-state index is 14.8. The van der Waals surface area contributed by atoms with Crippen LogP contribution in [0, 0.1) is 17.0 Å². The molecule has 6 rings (SSSR count). The molecule has 1 saturated heterocycles. The van der Waals surface area contributed by atoms with E-state index in [1.54, 1.807) is 48.7 Å². The predicted octanol–water partition coefficient (Wildman–Crippen LogP) is 4.78. The minimum absolute atomic E-state index is 0.107. The molecule has 2 unspecified atom stereocenters. The topological polar surface area (TPSA) is 118 Å². The molecular weight excluding hydrogens is 574 g/mol. The maximum atomic E-state index is 14.8. The van der Waals surface area contributed by atoms with Gasteiger partial charge in [0.15, 0.2) is 0 Å². The summed E-state index contributed by atoms with van der Waals surface area (Å²) in [6.45, 7) is 0.869. The summed E-state index contributed by atoms with van der Waals surface area (Å²) in [6.07, 6.45) is 1.62. The fraction of sp³-hybridized carbons (Fsp3) is 0.194. The van der Waals surface area contributed by atoms with E-state index in [2.05, 4.69) is 25.9 Å². The number of halogens is 3. The molecule has 1 amide bonds. The molecule has 9 nitrogen and oxygen atoms in total. The Hall–Kier alpha value is -4.58. The molecule has 4 N–H and O–H groups in total. The summed E-state index contributed by atoms with van der Waals surface area (Å²) < 4.78 is 29.6. The van der Waals surface area contributed by atoms with Gasteiger partial charge in [-0.2, -0.15) is 0 Å². The lowest BCUT2D eigenvalue weighted by molar-refractivity contribution is 0.0971. The Morgan fingerprint density at radius 3 is 2.49 bits per heavy atom. The number of aromatic nitrogens is 2. The van der Waals surface area contributed by atoms with Crippen molar-refractivity contribution in [1.82, 2.24) is 25.5 Å². The van der Waals surface area contributed by atoms with Gasteiger partial charge in [-0.25, -0.2) is 18.7 Å². The predicted molar refractivity (Wildman–Crippen MR) is 162 cm³/mol. The quantitative estimate of drug-likeness (QED) is 0.187. The molecule has 2 aliphatic heterocycles. The van der Waals surface area contributed by atoms with Gasteiger partial charge in [-0.3, -0.25) is 15.2 Å². The van der Waals surface area contributed by atoms with Crippen molar-refractivity contribution in [3.8, 4) is 11.3 Å². The second kappa shape index (κ2) is 11.6. The maximum Gasteiger partial charge on any atom is 0.256 e. The summed E-state index contributed by atoms with van der Waals surface area (Å²) in [5.74, 6) is -1.42. The Labute approximate surface area is 251 Å². The average Bonchev–Trinajstić information content (AvgIpc) is 3.09. The van der Waals surface area contributed by atoms with E-state index in [9.17, 15) is 13.6 Å². The molecule has 43 heavy (non-hydrogen) atoms. The van der Waals surface area contributed by atoms with Gasteiger partial charge < -0.3 is 20.9 Å². The van der Waals surface area contributed by atoms with Crippen LogP contribution in [0.1, 0.15) is 27.0 Å². The number of amides is 1. The van der Waals surface area contributed by atoms with Crippen molar-refractivity contribution in [2.75, 3.05) is 26.0 Å². The van der Waals surface area contributed by atoms with Gasteiger partial charge >= 0.3 is 0 Å². The van der Waals surface area contributed by atoms with Gasteiger partial charge in [-0.15, -0.1) is 0 Å². The monoisotopic (exact) mass is 600 g/mol. The summed E-state index contributed by atoms with van der Waals surface area (Å²) in [6, 6.07) is 15.4. The van der Waals surface area contributed by atoms with Crippen LogP contribution in [0.25, 0.3) is 11.3 Å². The molecule has 3 aromatic carbocycles. The molecule has 3 heterocycles. The zero-order valence-corrected chi connectivity index (χ0v) is 24.0. The third-order valence-corrected chi connectivity index (χ3v) is 7.76. The first-order chi connectivity index (χ1) is 20.7. The highest BCUT2D eigenvalue weighted by Crippen LogP contribution is 2.34. The molecule has 218 valence electrons. The van der Waals surface area contributed by atoms with Crippen molar-refractivity contribution in [2.24, 2.45) is 4.99 Å². The van der Waals surface area contributed by atoms with E-state index < -0.39 is 11.6 Å². The molecule has 0 radical (unpaired) electrons. The summed E-state index contributed by atoms with van der Waals surface area (Å²) in [7, 11) is 3.89. The summed E-state index contributed by atoms with van der Waals surface area (Å²) >= 11 is 6.30. The number of benzene rings is 3. The number of rotatable bonds is 6. The van der Waals surface area contributed by atoms with Crippen molar-refractivity contribution < 1.29 is 13.6 Å².